The predicted octanol–water partition coefficient (Wildman–Crippen LogP) is -0.896. The first kappa shape index (κ1) is 15.9. The molecule has 0 unspecified atom stereocenters. The number of hydrazone groups is 1. The number of carbonyl (C=O) groups excluding carboxylic acids is 2. The number of nitrogens with zero attached hydrogens (tertiary/aromatic N) is 1. The molecule has 0 spiro atoms. The maximum Gasteiger partial charge on any atom is 0.514 e. The molecule has 0 saturated heterocycles. The van der Waals surface area contributed by atoms with E-state index in [9.17, 15) is 14.7 Å². The molecular formula is C9H14N2O9. The zero-order chi connectivity index (χ0) is 15.4. The van der Waals surface area contributed by atoms with Crippen LogP contribution in [0.3, 0.4) is 0 Å². The molecule has 0 radical (unpaired) electrons. The Morgan fingerprint density at radius 3 is 2.10 bits per heavy atom. The second-order valence-corrected chi connectivity index (χ2v) is 3.31. The van der Waals surface area contributed by atoms with Crippen molar-refractivity contribution >= 4 is 18.2 Å². The monoisotopic (exact) mass is 294 g/mol. The van der Waals surface area contributed by atoms with Crippen LogP contribution in [0.15, 0.2) is 5.10 Å². The van der Waals surface area contributed by atoms with Gasteiger partial charge in [0.1, 0.15) is 0 Å². The number of ether oxygens (including phenoxy) is 6. The van der Waals surface area contributed by atoms with Crippen LogP contribution in [-0.2, 0) is 28.4 Å². The molecule has 0 aromatic rings. The van der Waals surface area contributed by atoms with Crippen LogP contribution < -0.4 is 5.43 Å². The Morgan fingerprint density at radius 1 is 1.10 bits per heavy atom. The summed E-state index contributed by atoms with van der Waals surface area (Å²) in [5, 5.41) is 13.7. The maximum atomic E-state index is 11.1. The van der Waals surface area contributed by atoms with Crippen LogP contribution in [0.2, 0.25) is 0 Å². The second kappa shape index (κ2) is 5.90. The quantitative estimate of drug-likeness (QED) is 0.498. The van der Waals surface area contributed by atoms with E-state index in [2.05, 4.69) is 24.0 Å². The highest BCUT2D eigenvalue weighted by Gasteiger charge is 2.67. The molecular weight excluding hydrogens is 280 g/mol. The van der Waals surface area contributed by atoms with Crippen LogP contribution in [-0.4, -0.2) is 63.5 Å². The number of hydrogen-bond donors (Lipinski definition) is 2. The molecule has 0 aromatic carbocycles. The molecule has 20 heavy (non-hydrogen) atoms. The fraction of sp³-hybridized carbons (Fsp3) is 0.667. The van der Waals surface area contributed by atoms with E-state index >= 15 is 0 Å². The average molecular weight is 294 g/mol. The maximum absolute atomic E-state index is 11.1. The molecule has 0 saturated carbocycles. The summed E-state index contributed by atoms with van der Waals surface area (Å²) in [5.74, 6) is -5.43. The molecule has 11 heteroatoms. The average Bonchev–Trinajstić information content (AvgIpc) is 2.71. The van der Waals surface area contributed by atoms with Gasteiger partial charge < -0.3 is 33.5 Å². The van der Waals surface area contributed by atoms with Crippen molar-refractivity contribution in [2.75, 3.05) is 28.4 Å². The fourth-order valence-electron chi connectivity index (χ4n) is 1.42. The van der Waals surface area contributed by atoms with E-state index in [1.807, 2.05) is 5.43 Å². The van der Waals surface area contributed by atoms with Gasteiger partial charge >= 0.3 is 24.0 Å². The van der Waals surface area contributed by atoms with E-state index in [0.717, 1.165) is 28.4 Å². The molecule has 1 aliphatic rings. The third-order valence-corrected chi connectivity index (χ3v) is 2.36. The number of rotatable bonds is 3. The van der Waals surface area contributed by atoms with Gasteiger partial charge in [-0.15, -0.1) is 5.10 Å². The Bertz CT molecular complexity index is 420. The van der Waals surface area contributed by atoms with Crippen LogP contribution in [0.5, 0.6) is 0 Å². The smallest absolute Gasteiger partial charge is 0.438 e. The van der Waals surface area contributed by atoms with Crippen LogP contribution >= 0.6 is 0 Å². The standard InChI is InChI=1S/C9H14N2O9/c1-15-6(12)19-5-8(17-3,18-4)9(14,11-10-5)20-7(13)16-2/h11,14H,1-4H3/t9-/m1/s1. The Hall–Kier alpha value is -2.11. The highest BCUT2D eigenvalue weighted by Crippen LogP contribution is 2.33. The molecule has 114 valence electrons. The molecule has 1 aliphatic heterocycles. The van der Waals surface area contributed by atoms with E-state index in [-0.39, 0.29) is 0 Å². The van der Waals surface area contributed by atoms with Crippen LogP contribution in [0.4, 0.5) is 9.59 Å². The Morgan fingerprint density at radius 2 is 1.65 bits per heavy atom. The summed E-state index contributed by atoms with van der Waals surface area (Å²) >= 11 is 0. The summed E-state index contributed by atoms with van der Waals surface area (Å²) in [7, 11) is 4.27. The Kier molecular flexibility index (Phi) is 4.70. The SMILES string of the molecule is COC(=O)OC1=NN[C@](O)(OC(=O)OC)C1(OC)OC. The van der Waals surface area contributed by atoms with Crippen molar-refractivity contribution < 1.29 is 43.1 Å². The number of hydrogen-bond acceptors (Lipinski definition) is 11. The fourth-order valence-corrected chi connectivity index (χ4v) is 1.42. The molecule has 2 N–H and O–H groups in total. The van der Waals surface area contributed by atoms with E-state index in [4.69, 9.17) is 9.47 Å². The number of nitrogens with one attached hydrogen (secondary N) is 1. The highest BCUT2D eigenvalue weighted by atomic mass is 16.8. The van der Waals surface area contributed by atoms with E-state index in [1.54, 1.807) is 0 Å². The number of aliphatic hydroxyl groups is 1. The number of methoxy groups -OCH3 is 4. The lowest BCUT2D eigenvalue weighted by molar-refractivity contribution is -0.347. The first-order valence-corrected chi connectivity index (χ1v) is 5.10. The largest absolute Gasteiger partial charge is 0.514 e. The van der Waals surface area contributed by atoms with Crippen molar-refractivity contribution in [2.45, 2.75) is 11.7 Å². The lowest BCUT2D eigenvalue weighted by Gasteiger charge is -2.35. The zero-order valence-corrected chi connectivity index (χ0v) is 11.2. The van der Waals surface area contributed by atoms with E-state index in [0.29, 0.717) is 0 Å². The Balaban J connectivity index is 3.07. The van der Waals surface area contributed by atoms with Gasteiger partial charge in [-0.3, -0.25) is 0 Å². The molecule has 1 rings (SSSR count). The number of carbonyl (C=O) groups is 2. The van der Waals surface area contributed by atoms with Crippen LogP contribution in [0, 0.1) is 0 Å². The summed E-state index contributed by atoms with van der Waals surface area (Å²) in [6.07, 6.45) is -2.40. The minimum absolute atomic E-state index is 0.569. The highest BCUT2D eigenvalue weighted by molar-refractivity contribution is 5.93. The zero-order valence-electron chi connectivity index (χ0n) is 11.2. The summed E-state index contributed by atoms with van der Waals surface area (Å²) in [5.41, 5.74) is 2.01. The van der Waals surface area contributed by atoms with Crippen molar-refractivity contribution in [1.29, 1.82) is 0 Å². The summed E-state index contributed by atoms with van der Waals surface area (Å²) in [4.78, 5) is 22.2. The predicted molar refractivity (Wildman–Crippen MR) is 59.2 cm³/mol. The lowest BCUT2D eigenvalue weighted by Crippen LogP contribution is -2.65. The third kappa shape index (κ3) is 2.45. The van der Waals surface area contributed by atoms with Crippen molar-refractivity contribution in [2.24, 2.45) is 5.10 Å². The van der Waals surface area contributed by atoms with Gasteiger partial charge in [-0.25, -0.2) is 15.0 Å². The molecule has 0 bridgehead atoms. The van der Waals surface area contributed by atoms with Gasteiger partial charge in [-0.2, -0.15) is 0 Å². The van der Waals surface area contributed by atoms with Gasteiger partial charge in [0.2, 0.25) is 0 Å². The summed E-state index contributed by atoms with van der Waals surface area (Å²) < 4.78 is 27.6. The minimum atomic E-state index is -2.62. The second-order valence-electron chi connectivity index (χ2n) is 3.31. The van der Waals surface area contributed by atoms with E-state index in [1.165, 1.54) is 0 Å². The van der Waals surface area contributed by atoms with Gasteiger partial charge in [0.05, 0.1) is 14.2 Å². The molecule has 11 nitrogen and oxygen atoms in total. The molecule has 0 amide bonds. The lowest BCUT2D eigenvalue weighted by atomic mass is 10.2. The van der Waals surface area contributed by atoms with Crippen molar-refractivity contribution in [3.8, 4) is 0 Å². The third-order valence-electron chi connectivity index (χ3n) is 2.36. The van der Waals surface area contributed by atoms with Gasteiger partial charge in [0.15, 0.2) is 0 Å². The van der Waals surface area contributed by atoms with Crippen molar-refractivity contribution in [3.05, 3.63) is 0 Å². The summed E-state index contributed by atoms with van der Waals surface area (Å²) in [6, 6.07) is 0. The molecule has 0 fully saturated rings. The molecule has 0 aromatic heterocycles. The minimum Gasteiger partial charge on any atom is -0.438 e. The van der Waals surface area contributed by atoms with Crippen LogP contribution in [0.1, 0.15) is 0 Å². The molecule has 1 atom stereocenters. The van der Waals surface area contributed by atoms with Gasteiger partial charge in [0.25, 0.3) is 5.90 Å². The van der Waals surface area contributed by atoms with E-state index < -0.39 is 29.9 Å². The molecule has 1 heterocycles. The van der Waals surface area contributed by atoms with Gasteiger partial charge in [0, 0.05) is 14.2 Å². The first-order chi connectivity index (χ1) is 9.39. The van der Waals surface area contributed by atoms with Crippen molar-refractivity contribution in [1.82, 2.24) is 5.43 Å². The Labute approximate surface area is 113 Å². The molecule has 0 aliphatic carbocycles. The normalized spacial score (nSPS) is 23.4. The van der Waals surface area contributed by atoms with Crippen LogP contribution in [0.25, 0.3) is 0 Å². The van der Waals surface area contributed by atoms with Gasteiger partial charge in [-0.1, -0.05) is 0 Å². The summed E-state index contributed by atoms with van der Waals surface area (Å²) in [6.45, 7) is 0. The van der Waals surface area contributed by atoms with Gasteiger partial charge in [-0.05, 0) is 0 Å². The van der Waals surface area contributed by atoms with Crippen molar-refractivity contribution in [3.63, 3.8) is 0 Å². The topological polar surface area (TPSA) is 134 Å². The first-order valence-electron chi connectivity index (χ1n) is 5.10.